The normalized spacial score (nSPS) is 23.1. The molecule has 1 fully saturated rings. The average Bonchev–Trinajstić information content (AvgIpc) is 2.80. The first-order valence-corrected chi connectivity index (χ1v) is 4.48. The molecule has 0 heterocycles. The third-order valence-electron chi connectivity index (χ3n) is 3.04. The summed E-state index contributed by atoms with van der Waals surface area (Å²) in [4.78, 5) is 0. The molecule has 0 saturated heterocycles. The standard InChI is InChI=1S/C8H10F7N/c1-4(16)5(2-3-5)6(9,10)7(11,12)8(13,14)15/h4H,2-3,16H2,1H3. The van der Waals surface area contributed by atoms with Crippen molar-refractivity contribution in [2.45, 2.75) is 43.8 Å². The zero-order valence-electron chi connectivity index (χ0n) is 8.21. The van der Waals surface area contributed by atoms with Crippen LogP contribution in [0, 0.1) is 5.41 Å². The second-order valence-electron chi connectivity index (χ2n) is 4.09. The summed E-state index contributed by atoms with van der Waals surface area (Å²) >= 11 is 0. The van der Waals surface area contributed by atoms with E-state index in [-0.39, 0.29) is 0 Å². The van der Waals surface area contributed by atoms with Crippen LogP contribution in [0.1, 0.15) is 19.8 Å². The summed E-state index contributed by atoms with van der Waals surface area (Å²) in [6, 6.07) is -1.42. The second kappa shape index (κ2) is 3.24. The van der Waals surface area contributed by atoms with Crippen LogP contribution in [0.3, 0.4) is 0 Å². The molecule has 0 bridgehead atoms. The topological polar surface area (TPSA) is 26.0 Å². The fourth-order valence-electron chi connectivity index (χ4n) is 1.68. The van der Waals surface area contributed by atoms with Gasteiger partial charge in [-0.1, -0.05) is 0 Å². The predicted molar refractivity (Wildman–Crippen MR) is 41.3 cm³/mol. The minimum atomic E-state index is -6.28. The molecule has 0 spiro atoms. The summed E-state index contributed by atoms with van der Waals surface area (Å²) in [5, 5.41) is 0. The quantitative estimate of drug-likeness (QED) is 0.769. The van der Waals surface area contributed by atoms with E-state index in [1.165, 1.54) is 0 Å². The Morgan fingerprint density at radius 2 is 1.38 bits per heavy atom. The minimum absolute atomic E-state index is 0.427. The molecule has 0 aromatic rings. The van der Waals surface area contributed by atoms with Crippen molar-refractivity contribution in [3.63, 3.8) is 0 Å². The van der Waals surface area contributed by atoms with Gasteiger partial charge in [0.1, 0.15) is 0 Å². The Morgan fingerprint density at radius 1 is 1.00 bits per heavy atom. The zero-order chi connectivity index (χ0) is 13.0. The largest absolute Gasteiger partial charge is 0.459 e. The lowest BCUT2D eigenvalue weighted by Gasteiger charge is -2.36. The van der Waals surface area contributed by atoms with Gasteiger partial charge >= 0.3 is 18.0 Å². The molecule has 1 saturated carbocycles. The SMILES string of the molecule is CC(N)C1(C(F)(F)C(F)(F)C(F)(F)F)CC1. The molecule has 1 atom stereocenters. The Hall–Kier alpha value is -0.530. The molecule has 1 rings (SSSR count). The van der Waals surface area contributed by atoms with Crippen LogP contribution in [0.15, 0.2) is 0 Å². The monoisotopic (exact) mass is 253 g/mol. The Kier molecular flexibility index (Phi) is 2.74. The fraction of sp³-hybridized carbons (Fsp3) is 1.00. The molecule has 1 nitrogen and oxygen atoms in total. The Labute approximate surface area is 86.8 Å². The molecule has 0 radical (unpaired) electrons. The van der Waals surface area contributed by atoms with Gasteiger partial charge in [-0.25, -0.2) is 0 Å². The summed E-state index contributed by atoms with van der Waals surface area (Å²) in [7, 11) is 0. The molecule has 8 heteroatoms. The van der Waals surface area contributed by atoms with Crippen LogP contribution in [0.4, 0.5) is 30.7 Å². The van der Waals surface area contributed by atoms with Gasteiger partial charge in [-0.2, -0.15) is 30.7 Å². The molecule has 0 aliphatic heterocycles. The van der Waals surface area contributed by atoms with E-state index in [4.69, 9.17) is 5.73 Å². The highest BCUT2D eigenvalue weighted by atomic mass is 19.4. The number of halogens is 7. The maximum Gasteiger partial charge on any atom is 0.459 e. The fourth-order valence-corrected chi connectivity index (χ4v) is 1.68. The zero-order valence-corrected chi connectivity index (χ0v) is 8.21. The minimum Gasteiger partial charge on any atom is -0.327 e. The van der Waals surface area contributed by atoms with Crippen molar-refractivity contribution in [2.75, 3.05) is 0 Å². The van der Waals surface area contributed by atoms with E-state index >= 15 is 0 Å². The third kappa shape index (κ3) is 1.49. The van der Waals surface area contributed by atoms with Gasteiger partial charge in [-0.15, -0.1) is 0 Å². The van der Waals surface area contributed by atoms with Crippen LogP contribution in [-0.4, -0.2) is 24.1 Å². The predicted octanol–water partition coefficient (Wildman–Crippen LogP) is 2.95. The van der Waals surface area contributed by atoms with E-state index in [2.05, 4.69) is 0 Å². The molecule has 1 unspecified atom stereocenters. The molecule has 0 aromatic carbocycles. The summed E-state index contributed by atoms with van der Waals surface area (Å²) in [5.41, 5.74) is 2.64. The highest BCUT2D eigenvalue weighted by Crippen LogP contribution is 2.65. The molecule has 2 N–H and O–H groups in total. The first kappa shape index (κ1) is 13.5. The van der Waals surface area contributed by atoms with Crippen molar-refractivity contribution in [1.82, 2.24) is 0 Å². The molecule has 0 aromatic heterocycles. The van der Waals surface area contributed by atoms with Gasteiger partial charge in [0, 0.05) is 6.04 Å². The van der Waals surface area contributed by atoms with E-state index in [1.54, 1.807) is 0 Å². The van der Waals surface area contributed by atoms with Crippen LogP contribution in [0.2, 0.25) is 0 Å². The van der Waals surface area contributed by atoms with Crippen molar-refractivity contribution >= 4 is 0 Å². The van der Waals surface area contributed by atoms with Gasteiger partial charge in [0.15, 0.2) is 0 Å². The van der Waals surface area contributed by atoms with Crippen LogP contribution in [0.5, 0.6) is 0 Å². The van der Waals surface area contributed by atoms with Crippen LogP contribution >= 0.6 is 0 Å². The van der Waals surface area contributed by atoms with E-state index in [0.29, 0.717) is 0 Å². The molecular formula is C8H10F7N. The van der Waals surface area contributed by atoms with Crippen molar-refractivity contribution in [1.29, 1.82) is 0 Å². The lowest BCUT2D eigenvalue weighted by atomic mass is 9.86. The molecular weight excluding hydrogens is 243 g/mol. The molecule has 96 valence electrons. The van der Waals surface area contributed by atoms with Gasteiger partial charge < -0.3 is 5.73 Å². The summed E-state index contributed by atoms with van der Waals surface area (Å²) in [5.74, 6) is -11.2. The average molecular weight is 253 g/mol. The van der Waals surface area contributed by atoms with Crippen molar-refractivity contribution in [3.8, 4) is 0 Å². The Bertz CT molecular complexity index is 277. The van der Waals surface area contributed by atoms with Crippen LogP contribution in [0.25, 0.3) is 0 Å². The summed E-state index contributed by atoms with van der Waals surface area (Å²) < 4.78 is 87.5. The van der Waals surface area contributed by atoms with E-state index in [1.807, 2.05) is 0 Å². The summed E-state index contributed by atoms with van der Waals surface area (Å²) in [6.45, 7) is 1.01. The maximum atomic E-state index is 13.2. The number of rotatable bonds is 3. The first-order chi connectivity index (χ1) is 6.90. The van der Waals surface area contributed by atoms with Gasteiger partial charge in [0.25, 0.3) is 0 Å². The highest BCUT2D eigenvalue weighted by Gasteiger charge is 2.82. The van der Waals surface area contributed by atoms with Crippen LogP contribution in [-0.2, 0) is 0 Å². The molecule has 1 aliphatic carbocycles. The molecule has 1 aliphatic rings. The second-order valence-corrected chi connectivity index (χ2v) is 4.09. The van der Waals surface area contributed by atoms with Gasteiger partial charge in [-0.3, -0.25) is 0 Å². The van der Waals surface area contributed by atoms with Gasteiger partial charge in [-0.05, 0) is 19.8 Å². The Balaban J connectivity index is 3.12. The lowest BCUT2D eigenvalue weighted by Crippen LogP contribution is -2.60. The van der Waals surface area contributed by atoms with Crippen molar-refractivity contribution < 1.29 is 30.7 Å². The third-order valence-corrected chi connectivity index (χ3v) is 3.04. The smallest absolute Gasteiger partial charge is 0.327 e. The summed E-state index contributed by atoms with van der Waals surface area (Å²) in [6.07, 6.45) is -7.13. The number of alkyl halides is 7. The van der Waals surface area contributed by atoms with E-state index in [9.17, 15) is 30.7 Å². The number of nitrogens with two attached hydrogens (primary N) is 1. The lowest BCUT2D eigenvalue weighted by molar-refractivity contribution is -0.370. The molecule has 0 amide bonds. The number of hydrogen-bond donors (Lipinski definition) is 1. The van der Waals surface area contributed by atoms with Crippen molar-refractivity contribution in [3.05, 3.63) is 0 Å². The van der Waals surface area contributed by atoms with Crippen molar-refractivity contribution in [2.24, 2.45) is 11.1 Å². The maximum absolute atomic E-state index is 13.2. The van der Waals surface area contributed by atoms with E-state index < -0.39 is 42.3 Å². The Morgan fingerprint density at radius 3 is 1.56 bits per heavy atom. The van der Waals surface area contributed by atoms with E-state index in [0.717, 1.165) is 6.92 Å². The van der Waals surface area contributed by atoms with Crippen LogP contribution < -0.4 is 5.73 Å². The van der Waals surface area contributed by atoms with Gasteiger partial charge in [0.2, 0.25) is 0 Å². The highest BCUT2D eigenvalue weighted by molar-refractivity contribution is 5.14. The molecule has 16 heavy (non-hydrogen) atoms. The first-order valence-electron chi connectivity index (χ1n) is 4.48. The number of hydrogen-bond acceptors (Lipinski definition) is 1. The van der Waals surface area contributed by atoms with Gasteiger partial charge in [0.05, 0.1) is 5.41 Å².